The van der Waals surface area contributed by atoms with Gasteiger partial charge in [0.1, 0.15) is 5.75 Å². The number of thioether (sulfide) groups is 1. The van der Waals surface area contributed by atoms with E-state index in [4.69, 9.17) is 4.74 Å². The van der Waals surface area contributed by atoms with Crippen LogP contribution in [0.5, 0.6) is 5.75 Å². The van der Waals surface area contributed by atoms with Crippen molar-refractivity contribution in [2.75, 3.05) is 18.6 Å². The quantitative estimate of drug-likeness (QED) is 0.562. The highest BCUT2D eigenvalue weighted by Gasteiger charge is 2.71. The molecule has 1 N–H and O–H groups in total. The summed E-state index contributed by atoms with van der Waals surface area (Å²) < 4.78 is 84.9. The minimum Gasteiger partial charge on any atom is -0.497 e. The number of ether oxygens (including phenoxy) is 1. The Morgan fingerprint density at radius 3 is 2.21 bits per heavy atom. The fourth-order valence-electron chi connectivity index (χ4n) is 3.53. The summed E-state index contributed by atoms with van der Waals surface area (Å²) in [5, 5.41) is 9.50. The van der Waals surface area contributed by atoms with Crippen molar-refractivity contribution in [3.05, 3.63) is 53.6 Å². The number of rotatable bonds is 5. The van der Waals surface area contributed by atoms with E-state index in [1.807, 2.05) is 0 Å². The first-order valence-corrected chi connectivity index (χ1v) is 10.8. The number of halogens is 6. The predicted octanol–water partition coefficient (Wildman–Crippen LogP) is 5.47. The van der Waals surface area contributed by atoms with Crippen molar-refractivity contribution in [3.8, 4) is 5.75 Å². The third kappa shape index (κ3) is 4.79. The number of hydrogen-bond donors (Lipinski definition) is 1. The highest BCUT2D eigenvalue weighted by molar-refractivity contribution is 8.00. The van der Waals surface area contributed by atoms with Crippen molar-refractivity contribution >= 4 is 23.4 Å². The number of amides is 1. The summed E-state index contributed by atoms with van der Waals surface area (Å²) >= 11 is 1.08. The monoisotopic (exact) mass is 493 g/mol. The lowest BCUT2D eigenvalue weighted by Gasteiger charge is -2.36. The van der Waals surface area contributed by atoms with Crippen LogP contribution in [0.2, 0.25) is 0 Å². The number of methoxy groups -OCH3 is 1. The van der Waals surface area contributed by atoms with E-state index in [-0.39, 0.29) is 34.7 Å². The molecule has 2 aromatic rings. The molecule has 1 heterocycles. The molecule has 1 unspecified atom stereocenters. The number of carbonyl (C=O) groups is 1. The van der Waals surface area contributed by atoms with Gasteiger partial charge < -0.3 is 14.7 Å². The highest BCUT2D eigenvalue weighted by Crippen LogP contribution is 2.52. The van der Waals surface area contributed by atoms with Gasteiger partial charge in [-0.3, -0.25) is 4.79 Å². The molecule has 4 nitrogen and oxygen atoms in total. The van der Waals surface area contributed by atoms with E-state index in [1.165, 1.54) is 12.0 Å². The van der Waals surface area contributed by atoms with Crippen LogP contribution in [-0.2, 0) is 16.8 Å². The minimum absolute atomic E-state index is 0.0126. The molecule has 0 fully saturated rings. The van der Waals surface area contributed by atoms with Crippen molar-refractivity contribution in [2.45, 2.75) is 47.9 Å². The SMILES string of the molecule is CCC1CN(C(=O)Cc2ccc(OC)cc2)c2ccc(C(O)(C(F)(F)F)C(F)(F)F)cc2S1. The molecule has 0 bridgehead atoms. The van der Waals surface area contributed by atoms with E-state index in [9.17, 15) is 36.2 Å². The van der Waals surface area contributed by atoms with Gasteiger partial charge in [-0.05, 0) is 36.2 Å². The van der Waals surface area contributed by atoms with E-state index in [2.05, 4.69) is 0 Å². The molecule has 33 heavy (non-hydrogen) atoms. The van der Waals surface area contributed by atoms with Crippen LogP contribution < -0.4 is 9.64 Å². The van der Waals surface area contributed by atoms with Crippen molar-refractivity contribution in [1.82, 2.24) is 0 Å². The number of hydrogen-bond acceptors (Lipinski definition) is 4. The smallest absolute Gasteiger partial charge is 0.430 e. The lowest BCUT2D eigenvalue weighted by molar-refractivity contribution is -0.376. The maximum atomic E-state index is 13.3. The van der Waals surface area contributed by atoms with E-state index >= 15 is 0 Å². The molecule has 1 aliphatic heterocycles. The Balaban J connectivity index is 1.99. The lowest BCUT2D eigenvalue weighted by atomic mass is 9.92. The largest absolute Gasteiger partial charge is 0.497 e. The number of anilines is 1. The predicted molar refractivity (Wildman–Crippen MR) is 111 cm³/mol. The van der Waals surface area contributed by atoms with Gasteiger partial charge in [0, 0.05) is 22.3 Å². The Labute approximate surface area is 190 Å². The normalized spacial score (nSPS) is 17.0. The van der Waals surface area contributed by atoms with Crippen LogP contribution in [0, 0.1) is 0 Å². The van der Waals surface area contributed by atoms with Gasteiger partial charge in [0.05, 0.1) is 19.2 Å². The second-order valence-electron chi connectivity index (χ2n) is 7.57. The third-order valence-electron chi connectivity index (χ3n) is 5.44. The molecule has 2 aromatic carbocycles. The summed E-state index contributed by atoms with van der Waals surface area (Å²) in [4.78, 5) is 14.5. The van der Waals surface area contributed by atoms with Gasteiger partial charge in [-0.25, -0.2) is 0 Å². The number of benzene rings is 2. The van der Waals surface area contributed by atoms with E-state index < -0.39 is 23.5 Å². The summed E-state index contributed by atoms with van der Waals surface area (Å²) in [6, 6.07) is 9.03. The van der Waals surface area contributed by atoms with Crippen LogP contribution in [0.1, 0.15) is 24.5 Å². The topological polar surface area (TPSA) is 49.8 Å². The van der Waals surface area contributed by atoms with Gasteiger partial charge >= 0.3 is 12.4 Å². The number of fused-ring (bicyclic) bond motifs is 1. The maximum absolute atomic E-state index is 13.3. The van der Waals surface area contributed by atoms with Gasteiger partial charge in [-0.15, -0.1) is 11.8 Å². The number of nitrogens with zero attached hydrogens (tertiary/aromatic N) is 1. The van der Waals surface area contributed by atoms with E-state index in [1.54, 1.807) is 31.2 Å². The maximum Gasteiger partial charge on any atom is 0.430 e. The first kappa shape index (κ1) is 25.2. The molecule has 3 rings (SSSR count). The van der Waals surface area contributed by atoms with E-state index in [0.29, 0.717) is 29.9 Å². The second-order valence-corrected chi connectivity index (χ2v) is 8.91. The Morgan fingerprint density at radius 1 is 1.09 bits per heavy atom. The molecular weight excluding hydrogens is 472 g/mol. The fourth-order valence-corrected chi connectivity index (χ4v) is 4.77. The Hall–Kier alpha value is -2.40. The van der Waals surface area contributed by atoms with Crippen LogP contribution in [-0.4, -0.2) is 42.3 Å². The molecule has 0 saturated carbocycles. The molecule has 1 amide bonds. The highest BCUT2D eigenvalue weighted by atomic mass is 32.2. The molecule has 1 atom stereocenters. The first-order valence-electron chi connectivity index (χ1n) is 9.92. The molecule has 0 saturated heterocycles. The first-order chi connectivity index (χ1) is 15.3. The molecule has 180 valence electrons. The lowest BCUT2D eigenvalue weighted by Crippen LogP contribution is -2.54. The number of alkyl halides is 6. The fraction of sp³-hybridized carbons (Fsp3) is 0.409. The third-order valence-corrected chi connectivity index (χ3v) is 6.84. The number of carbonyl (C=O) groups excluding carboxylic acids is 1. The molecule has 0 spiro atoms. The van der Waals surface area contributed by atoms with Crippen molar-refractivity contribution in [2.24, 2.45) is 0 Å². The summed E-state index contributed by atoms with van der Waals surface area (Å²) in [6.45, 7) is 2.06. The van der Waals surface area contributed by atoms with Crippen LogP contribution >= 0.6 is 11.8 Å². The zero-order valence-electron chi connectivity index (χ0n) is 17.6. The Kier molecular flexibility index (Phi) is 6.95. The van der Waals surface area contributed by atoms with Crippen LogP contribution in [0.3, 0.4) is 0 Å². The molecule has 0 aromatic heterocycles. The van der Waals surface area contributed by atoms with Gasteiger partial charge in [0.15, 0.2) is 0 Å². The Bertz CT molecular complexity index is 993. The molecule has 11 heteroatoms. The van der Waals surface area contributed by atoms with E-state index in [0.717, 1.165) is 17.8 Å². The van der Waals surface area contributed by atoms with Crippen LogP contribution in [0.25, 0.3) is 0 Å². The molecule has 0 aliphatic carbocycles. The zero-order chi connectivity index (χ0) is 24.6. The van der Waals surface area contributed by atoms with Gasteiger partial charge in [0.2, 0.25) is 5.91 Å². The van der Waals surface area contributed by atoms with Crippen LogP contribution in [0.4, 0.5) is 32.0 Å². The van der Waals surface area contributed by atoms with Crippen LogP contribution in [0.15, 0.2) is 47.4 Å². The van der Waals surface area contributed by atoms with Gasteiger partial charge in [-0.1, -0.05) is 25.1 Å². The molecular formula is C22H21F6NO3S. The molecule has 1 aliphatic rings. The molecule has 0 radical (unpaired) electrons. The second kappa shape index (κ2) is 9.09. The Morgan fingerprint density at radius 2 is 1.70 bits per heavy atom. The summed E-state index contributed by atoms with van der Waals surface area (Å²) in [6.07, 6.45) is -11.4. The van der Waals surface area contributed by atoms with Crippen molar-refractivity contribution in [3.63, 3.8) is 0 Å². The summed E-state index contributed by atoms with van der Waals surface area (Å²) in [5.41, 5.74) is -5.48. The van der Waals surface area contributed by atoms with Gasteiger partial charge in [-0.2, -0.15) is 26.3 Å². The number of aliphatic hydroxyl groups is 1. The van der Waals surface area contributed by atoms with Crippen molar-refractivity contribution in [1.29, 1.82) is 0 Å². The average molecular weight is 493 g/mol. The zero-order valence-corrected chi connectivity index (χ0v) is 18.4. The van der Waals surface area contributed by atoms with Gasteiger partial charge in [0.25, 0.3) is 5.60 Å². The average Bonchev–Trinajstić information content (AvgIpc) is 2.76. The van der Waals surface area contributed by atoms with Crippen molar-refractivity contribution < 1.29 is 41.0 Å². The summed E-state index contributed by atoms with van der Waals surface area (Å²) in [5.74, 6) is 0.251. The minimum atomic E-state index is -5.98. The standard InChI is InChI=1S/C22H21F6NO3S/c1-3-16-12-29(19(30)10-13-4-7-15(32-2)8-5-13)17-9-6-14(11-18(17)33-16)20(31,21(23,24)25)22(26,27)28/h4-9,11,16,31H,3,10,12H2,1-2H3. The summed E-state index contributed by atoms with van der Waals surface area (Å²) in [7, 11) is 1.50.